The Bertz CT molecular complexity index is 942. The minimum absolute atomic E-state index is 0.153. The molecule has 1 aromatic rings. The van der Waals surface area contributed by atoms with E-state index in [0.717, 1.165) is 12.8 Å². The molecule has 30 heavy (non-hydrogen) atoms. The summed E-state index contributed by atoms with van der Waals surface area (Å²) in [5, 5.41) is 15.2. The Kier molecular flexibility index (Phi) is 4.41. The minimum atomic E-state index is -1.37. The van der Waals surface area contributed by atoms with Gasteiger partial charge in [0.25, 0.3) is 0 Å². The van der Waals surface area contributed by atoms with E-state index in [0.29, 0.717) is 17.9 Å². The first kappa shape index (κ1) is 19.2. The van der Waals surface area contributed by atoms with Crippen LogP contribution in [0.4, 0.5) is 5.69 Å². The lowest BCUT2D eigenvalue weighted by atomic mass is 9.76. The van der Waals surface area contributed by atoms with Crippen LogP contribution >= 0.6 is 0 Å². The van der Waals surface area contributed by atoms with Gasteiger partial charge >= 0.3 is 5.97 Å². The van der Waals surface area contributed by atoms with E-state index in [1.54, 1.807) is 24.3 Å². The molecule has 3 amide bonds. The van der Waals surface area contributed by atoms with Crippen molar-refractivity contribution in [3.63, 3.8) is 0 Å². The molecule has 5 rings (SSSR count). The molecule has 0 saturated carbocycles. The first-order valence-corrected chi connectivity index (χ1v) is 10.3. The third kappa shape index (κ3) is 2.61. The third-order valence-corrected chi connectivity index (χ3v) is 6.79. The van der Waals surface area contributed by atoms with Gasteiger partial charge < -0.3 is 15.2 Å². The molecule has 0 aromatic heterocycles. The summed E-state index contributed by atoms with van der Waals surface area (Å²) in [6, 6.07) is 6.52. The van der Waals surface area contributed by atoms with Crippen LogP contribution in [0.1, 0.15) is 31.2 Å². The number of carbonyl (C=O) groups is 4. The predicted octanol–water partition coefficient (Wildman–Crippen LogP) is 0.451. The Hall–Kier alpha value is -2.78. The van der Waals surface area contributed by atoms with Crippen LogP contribution in [0, 0.1) is 11.8 Å². The van der Waals surface area contributed by atoms with Crippen LogP contribution in [0.3, 0.4) is 0 Å². The first-order valence-electron chi connectivity index (χ1n) is 10.3. The summed E-state index contributed by atoms with van der Waals surface area (Å²) in [6.45, 7) is 0.784. The quantitative estimate of drug-likeness (QED) is 0.599. The van der Waals surface area contributed by atoms with E-state index in [-0.39, 0.29) is 37.3 Å². The molecule has 3 fully saturated rings. The van der Waals surface area contributed by atoms with Crippen molar-refractivity contribution >= 4 is 29.4 Å². The van der Waals surface area contributed by atoms with Crippen LogP contribution in [-0.4, -0.2) is 59.0 Å². The van der Waals surface area contributed by atoms with Crippen LogP contribution in [0.25, 0.3) is 0 Å². The average Bonchev–Trinajstić information content (AvgIpc) is 3.46. The minimum Gasteiger partial charge on any atom is -0.481 e. The first-order chi connectivity index (χ1) is 14.4. The average molecular weight is 413 g/mol. The number of aliphatic carboxylic acids is 1. The number of nitrogens with one attached hydrogen (secondary N) is 2. The second kappa shape index (κ2) is 6.88. The van der Waals surface area contributed by atoms with Gasteiger partial charge in [-0.25, -0.2) is 0 Å². The van der Waals surface area contributed by atoms with E-state index in [2.05, 4.69) is 10.6 Å². The van der Waals surface area contributed by atoms with Crippen molar-refractivity contribution in [3.05, 3.63) is 29.8 Å². The Balaban J connectivity index is 1.55. The van der Waals surface area contributed by atoms with Gasteiger partial charge in [0, 0.05) is 30.3 Å². The summed E-state index contributed by atoms with van der Waals surface area (Å²) in [5.41, 5.74) is -0.143. The number of anilines is 1. The maximum absolute atomic E-state index is 13.5. The van der Waals surface area contributed by atoms with Crippen LogP contribution < -0.4 is 10.6 Å². The van der Waals surface area contributed by atoms with Gasteiger partial charge in [-0.2, -0.15) is 0 Å². The summed E-state index contributed by atoms with van der Waals surface area (Å²) in [4.78, 5) is 52.4. The molecular formula is C21H23N3O6. The Morgan fingerprint density at radius 3 is 2.77 bits per heavy atom. The Labute approximate surface area is 172 Å². The highest BCUT2D eigenvalue weighted by Gasteiger charge is 2.70. The highest BCUT2D eigenvalue weighted by Crippen LogP contribution is 2.53. The normalized spacial score (nSPS) is 34.5. The molecule has 9 nitrogen and oxygen atoms in total. The predicted molar refractivity (Wildman–Crippen MR) is 103 cm³/mol. The summed E-state index contributed by atoms with van der Waals surface area (Å²) in [5.74, 6) is -3.80. The fraction of sp³-hybridized carbons (Fsp3) is 0.524. The van der Waals surface area contributed by atoms with Gasteiger partial charge in [-0.3, -0.25) is 29.4 Å². The van der Waals surface area contributed by atoms with Gasteiger partial charge in [-0.15, -0.1) is 0 Å². The molecule has 158 valence electrons. The molecule has 4 aliphatic rings. The zero-order chi connectivity index (χ0) is 21.0. The molecule has 4 aliphatic heterocycles. The van der Waals surface area contributed by atoms with E-state index in [9.17, 15) is 19.2 Å². The molecule has 0 bridgehead atoms. The van der Waals surface area contributed by atoms with E-state index in [4.69, 9.17) is 9.84 Å². The molecule has 1 aromatic carbocycles. The summed E-state index contributed by atoms with van der Waals surface area (Å²) < 4.78 is 5.62. The maximum atomic E-state index is 13.5. The molecule has 3 saturated heterocycles. The number of carboxylic acids is 1. The largest absolute Gasteiger partial charge is 0.481 e. The second-order valence-electron chi connectivity index (χ2n) is 8.42. The van der Waals surface area contributed by atoms with Gasteiger partial charge in [0.1, 0.15) is 5.54 Å². The van der Waals surface area contributed by atoms with E-state index in [1.165, 1.54) is 4.90 Å². The van der Waals surface area contributed by atoms with E-state index < -0.39 is 35.3 Å². The molecule has 4 heterocycles. The number of amides is 3. The number of carbonyl (C=O) groups excluding carboxylic acids is 3. The zero-order valence-corrected chi connectivity index (χ0v) is 16.3. The number of para-hydroxylation sites is 1. The highest BCUT2D eigenvalue weighted by molar-refractivity contribution is 6.15. The summed E-state index contributed by atoms with van der Waals surface area (Å²) in [7, 11) is 0. The topological polar surface area (TPSA) is 125 Å². The van der Waals surface area contributed by atoms with Crippen molar-refractivity contribution in [2.75, 3.05) is 18.5 Å². The number of fused-ring (bicyclic) bond motifs is 4. The van der Waals surface area contributed by atoms with Gasteiger partial charge in [0.2, 0.25) is 17.7 Å². The zero-order valence-electron chi connectivity index (χ0n) is 16.3. The maximum Gasteiger partial charge on any atom is 0.303 e. The molecule has 5 atom stereocenters. The van der Waals surface area contributed by atoms with Gasteiger partial charge in [0.05, 0.1) is 24.5 Å². The highest BCUT2D eigenvalue weighted by atomic mass is 16.5. The van der Waals surface area contributed by atoms with E-state index in [1.807, 2.05) is 0 Å². The summed E-state index contributed by atoms with van der Waals surface area (Å²) in [6.07, 6.45) is 1.47. The lowest BCUT2D eigenvalue weighted by Crippen LogP contribution is -2.53. The molecule has 0 unspecified atom stereocenters. The van der Waals surface area contributed by atoms with Gasteiger partial charge in [-0.05, 0) is 25.3 Å². The van der Waals surface area contributed by atoms with Crippen molar-refractivity contribution in [1.29, 1.82) is 0 Å². The van der Waals surface area contributed by atoms with Gasteiger partial charge in [-0.1, -0.05) is 18.2 Å². The number of rotatable bonds is 5. The Morgan fingerprint density at radius 2 is 2.03 bits per heavy atom. The lowest BCUT2D eigenvalue weighted by molar-refractivity contribution is -0.144. The fourth-order valence-corrected chi connectivity index (χ4v) is 5.52. The second-order valence-corrected chi connectivity index (χ2v) is 8.42. The number of hydrogen-bond acceptors (Lipinski definition) is 6. The lowest BCUT2D eigenvalue weighted by Gasteiger charge is -2.30. The summed E-state index contributed by atoms with van der Waals surface area (Å²) >= 11 is 0. The van der Waals surface area contributed by atoms with Gasteiger partial charge in [0.15, 0.2) is 0 Å². The van der Waals surface area contributed by atoms with Crippen LogP contribution in [0.2, 0.25) is 0 Å². The van der Waals surface area contributed by atoms with E-state index >= 15 is 0 Å². The number of hydrogen-bond donors (Lipinski definition) is 3. The molecule has 0 aliphatic carbocycles. The number of ether oxygens (including phenoxy) is 1. The SMILES string of the molecule is O=C(O)CC[C@@H]1N[C@@]2(C(=O)Nc3ccccc32)[C@@H]2C(=O)N(C[C@@H]3CCCO3)C(=O)[C@H]12. The number of benzene rings is 1. The fourth-order valence-electron chi connectivity index (χ4n) is 5.52. The molecule has 3 N–H and O–H groups in total. The van der Waals surface area contributed by atoms with Crippen molar-refractivity contribution in [1.82, 2.24) is 10.2 Å². The number of nitrogens with zero attached hydrogens (tertiary/aromatic N) is 1. The number of imide groups is 1. The van der Waals surface area contributed by atoms with Crippen LogP contribution in [0.15, 0.2) is 24.3 Å². The smallest absolute Gasteiger partial charge is 0.303 e. The number of carboxylic acid groups (broad SMARTS) is 1. The van der Waals surface area contributed by atoms with Crippen LogP contribution in [0.5, 0.6) is 0 Å². The molecule has 9 heteroatoms. The van der Waals surface area contributed by atoms with Crippen molar-refractivity contribution in [2.24, 2.45) is 11.8 Å². The Morgan fingerprint density at radius 1 is 1.23 bits per heavy atom. The number of likely N-dealkylation sites (tertiary alicyclic amines) is 1. The van der Waals surface area contributed by atoms with Crippen molar-refractivity contribution < 1.29 is 29.0 Å². The molecule has 0 radical (unpaired) electrons. The standard InChI is InChI=1S/C21H23N3O6/c25-15(26)8-7-14-16-17(19(28)24(18(16)27)10-11-4-3-9-30-11)21(23-14)12-5-1-2-6-13(12)22-20(21)29/h1-2,5-6,11,14,16-17,23H,3-4,7-10H2,(H,22,29)(H,25,26)/t11-,14-,16+,17-,21+/m0/s1. The molecular weight excluding hydrogens is 390 g/mol. The van der Waals surface area contributed by atoms with Crippen LogP contribution in [-0.2, 0) is 29.5 Å². The third-order valence-electron chi connectivity index (χ3n) is 6.79. The molecule has 1 spiro atoms. The van der Waals surface area contributed by atoms with Crippen molar-refractivity contribution in [2.45, 2.75) is 43.4 Å². The monoisotopic (exact) mass is 413 g/mol. The van der Waals surface area contributed by atoms with Crippen molar-refractivity contribution in [3.8, 4) is 0 Å².